The summed E-state index contributed by atoms with van der Waals surface area (Å²) in [5.74, 6) is -3.04. The van der Waals surface area contributed by atoms with E-state index in [0.717, 1.165) is 36.3 Å². The highest BCUT2D eigenvalue weighted by Gasteiger charge is 2.01. The average Bonchev–Trinajstić information content (AvgIpc) is 2.45. The van der Waals surface area contributed by atoms with Crippen LogP contribution in [0.3, 0.4) is 0 Å². The first-order valence-electron chi connectivity index (χ1n) is 9.10. The molecule has 6 heteroatoms. The maximum absolute atomic E-state index is 10.3. The van der Waals surface area contributed by atoms with E-state index in [1.54, 1.807) is 0 Å². The largest absolute Gasteiger partial charge is 0.545 e. The van der Waals surface area contributed by atoms with Crippen molar-refractivity contribution in [3.63, 3.8) is 0 Å². The van der Waals surface area contributed by atoms with Gasteiger partial charge < -0.3 is 30.4 Å². The molecule has 1 aromatic rings. The molecule has 1 rings (SSSR count). The average molecular weight is 369 g/mol. The molecule has 4 N–H and O–H groups in total. The number of aromatic carboxylic acids is 2. The van der Waals surface area contributed by atoms with Gasteiger partial charge in [-0.1, -0.05) is 24.3 Å². The van der Waals surface area contributed by atoms with Crippen molar-refractivity contribution in [1.29, 1.82) is 0 Å². The van der Waals surface area contributed by atoms with Gasteiger partial charge in [-0.2, -0.15) is 0 Å². The second kappa shape index (κ2) is 14.3. The molecule has 0 atom stereocenters. The zero-order valence-corrected chi connectivity index (χ0v) is 17.4. The smallest absolute Gasteiger partial charge is 0.0803 e. The first-order chi connectivity index (χ1) is 11.9. The number of hydrogen-bond donors (Lipinski definition) is 2. The van der Waals surface area contributed by atoms with Crippen LogP contribution < -0.4 is 20.8 Å². The van der Waals surface area contributed by atoms with Gasteiger partial charge in [0.05, 0.1) is 36.1 Å². The fourth-order valence-corrected chi connectivity index (χ4v) is 2.38. The van der Waals surface area contributed by atoms with Crippen LogP contribution in [-0.2, 0) is 0 Å². The summed E-state index contributed by atoms with van der Waals surface area (Å²) in [6.45, 7) is 17.7. The molecule has 0 spiro atoms. The highest BCUT2D eigenvalue weighted by Crippen LogP contribution is 2.05. The van der Waals surface area contributed by atoms with Crippen molar-refractivity contribution in [2.45, 2.75) is 79.6 Å². The number of carbonyl (C=O) groups excluding carboxylic acids is 2. The lowest BCUT2D eigenvalue weighted by Crippen LogP contribution is -2.92. The fraction of sp³-hybridized carbons (Fsp3) is 0.600. The quantitative estimate of drug-likeness (QED) is 0.680. The Morgan fingerprint density at radius 3 is 1.00 bits per heavy atom. The molecule has 0 heterocycles. The van der Waals surface area contributed by atoms with Gasteiger partial charge in [-0.3, -0.25) is 0 Å². The van der Waals surface area contributed by atoms with Crippen LogP contribution in [-0.4, -0.2) is 36.1 Å². The van der Waals surface area contributed by atoms with Gasteiger partial charge in [-0.15, -0.1) is 0 Å². The number of rotatable bonds is 6. The topological polar surface area (TPSA) is 113 Å². The van der Waals surface area contributed by atoms with Crippen molar-refractivity contribution in [1.82, 2.24) is 0 Å². The number of hydrogen-bond acceptors (Lipinski definition) is 4. The Balaban J connectivity index is 0. The standard InChI is InChI=1S/C8H6O4.2C6H15N/c9-7(10)5-3-1-2-4-6(5)8(11)12;2*1-5(2)7-6(3)4/h1-4H,(H,9,10)(H,11,12);2*5-7H,1-4H3. The monoisotopic (exact) mass is 368 g/mol. The maximum Gasteiger partial charge on any atom is 0.0803 e. The van der Waals surface area contributed by atoms with Gasteiger partial charge in [-0.05, 0) is 55.4 Å². The van der Waals surface area contributed by atoms with Gasteiger partial charge >= 0.3 is 0 Å². The molecule has 0 saturated heterocycles. The van der Waals surface area contributed by atoms with Crippen LogP contribution in [0.5, 0.6) is 0 Å². The van der Waals surface area contributed by atoms with E-state index in [-0.39, 0.29) is 11.1 Å². The molecular formula is C20H36N2O4. The normalized spacial score (nSPS) is 10.3. The van der Waals surface area contributed by atoms with E-state index < -0.39 is 11.9 Å². The fourth-order valence-electron chi connectivity index (χ4n) is 2.38. The van der Waals surface area contributed by atoms with Crippen molar-refractivity contribution in [3.05, 3.63) is 35.4 Å². The maximum atomic E-state index is 10.3. The first kappa shape index (κ1) is 26.3. The van der Waals surface area contributed by atoms with E-state index >= 15 is 0 Å². The summed E-state index contributed by atoms with van der Waals surface area (Å²) in [5.41, 5.74) is -0.727. The number of quaternary nitrogens is 2. The number of carbonyl (C=O) groups is 2. The van der Waals surface area contributed by atoms with Gasteiger partial charge in [0, 0.05) is 11.1 Å². The predicted molar refractivity (Wildman–Crippen MR) is 99.5 cm³/mol. The molecule has 1 aromatic carbocycles. The Morgan fingerprint density at radius 2 is 0.885 bits per heavy atom. The Labute approximate surface area is 158 Å². The van der Waals surface area contributed by atoms with Crippen molar-refractivity contribution >= 4 is 11.9 Å². The molecule has 150 valence electrons. The second-order valence-corrected chi connectivity index (χ2v) is 7.48. The lowest BCUT2D eigenvalue weighted by molar-refractivity contribution is -0.709. The highest BCUT2D eigenvalue weighted by molar-refractivity contribution is 5.99. The number of nitrogens with two attached hydrogens (primary N) is 2. The molecule has 0 aliphatic heterocycles. The van der Waals surface area contributed by atoms with Gasteiger partial charge in [0.1, 0.15) is 0 Å². The molecule has 0 saturated carbocycles. The molecule has 0 unspecified atom stereocenters. The summed E-state index contributed by atoms with van der Waals surface area (Å²) in [4.78, 5) is 20.6. The van der Waals surface area contributed by atoms with E-state index in [0.29, 0.717) is 0 Å². The minimum Gasteiger partial charge on any atom is -0.545 e. The zero-order valence-electron chi connectivity index (χ0n) is 17.4. The molecule has 0 radical (unpaired) electrons. The lowest BCUT2D eigenvalue weighted by Gasteiger charge is -2.09. The molecule has 0 aliphatic rings. The predicted octanol–water partition coefficient (Wildman–Crippen LogP) is -0.853. The molecular weight excluding hydrogens is 332 g/mol. The van der Waals surface area contributed by atoms with Crippen molar-refractivity contribution < 1.29 is 30.4 Å². The summed E-state index contributed by atoms with van der Waals surface area (Å²) in [6.07, 6.45) is 0. The molecule has 0 bridgehead atoms. The van der Waals surface area contributed by atoms with Crippen molar-refractivity contribution in [2.24, 2.45) is 0 Å². The minimum atomic E-state index is -1.52. The second-order valence-electron chi connectivity index (χ2n) is 7.48. The Bertz CT molecular complexity index is 467. The van der Waals surface area contributed by atoms with Gasteiger partial charge in [-0.25, -0.2) is 0 Å². The third kappa shape index (κ3) is 15.6. The van der Waals surface area contributed by atoms with Crippen LogP contribution in [0.25, 0.3) is 0 Å². The van der Waals surface area contributed by atoms with E-state index in [9.17, 15) is 19.8 Å². The summed E-state index contributed by atoms with van der Waals surface area (Å²) < 4.78 is 0. The van der Waals surface area contributed by atoms with Crippen molar-refractivity contribution in [2.75, 3.05) is 0 Å². The van der Waals surface area contributed by atoms with Crippen LogP contribution in [0.1, 0.15) is 76.1 Å². The SMILES string of the molecule is CC(C)[NH2+]C(C)C.CC(C)[NH2+]C(C)C.O=C([O-])c1ccccc1C(=O)[O-]. The van der Waals surface area contributed by atoms with Crippen molar-refractivity contribution in [3.8, 4) is 0 Å². The minimum absolute atomic E-state index is 0.363. The molecule has 0 aromatic heterocycles. The van der Waals surface area contributed by atoms with Crippen LogP contribution in [0.15, 0.2) is 24.3 Å². The van der Waals surface area contributed by atoms with E-state index in [1.807, 2.05) is 0 Å². The number of carboxylic acids is 2. The van der Waals surface area contributed by atoms with Gasteiger partial charge in [0.2, 0.25) is 0 Å². The summed E-state index contributed by atoms with van der Waals surface area (Å²) in [7, 11) is 0. The van der Waals surface area contributed by atoms with E-state index in [2.05, 4.69) is 66.0 Å². The van der Waals surface area contributed by atoms with Crippen LogP contribution in [0.4, 0.5) is 0 Å². The molecule has 6 nitrogen and oxygen atoms in total. The van der Waals surface area contributed by atoms with E-state index in [1.165, 1.54) is 12.1 Å². The van der Waals surface area contributed by atoms with Crippen LogP contribution in [0, 0.1) is 0 Å². The summed E-state index contributed by atoms with van der Waals surface area (Å²) >= 11 is 0. The Kier molecular flexibility index (Phi) is 14.4. The molecule has 0 amide bonds. The van der Waals surface area contributed by atoms with Crippen LogP contribution in [0.2, 0.25) is 0 Å². The molecule has 0 fully saturated rings. The zero-order chi connectivity index (χ0) is 20.9. The van der Waals surface area contributed by atoms with Crippen LogP contribution >= 0.6 is 0 Å². The third-order valence-electron chi connectivity index (χ3n) is 2.91. The van der Waals surface area contributed by atoms with Gasteiger partial charge in [0.25, 0.3) is 0 Å². The number of carboxylic acid groups (broad SMARTS) is 2. The summed E-state index contributed by atoms with van der Waals surface area (Å²) in [6, 6.07) is 8.13. The molecule has 0 aliphatic carbocycles. The Morgan fingerprint density at radius 1 is 0.654 bits per heavy atom. The summed E-state index contributed by atoms with van der Waals surface area (Å²) in [5, 5.41) is 25.3. The molecule has 26 heavy (non-hydrogen) atoms. The lowest BCUT2D eigenvalue weighted by atomic mass is 10.1. The van der Waals surface area contributed by atoms with Gasteiger partial charge in [0.15, 0.2) is 0 Å². The third-order valence-corrected chi connectivity index (χ3v) is 2.91. The van der Waals surface area contributed by atoms with E-state index in [4.69, 9.17) is 0 Å². The highest BCUT2D eigenvalue weighted by atomic mass is 16.4. The number of benzene rings is 1. The Hall–Kier alpha value is -1.92. The first-order valence-corrected chi connectivity index (χ1v) is 9.10.